The van der Waals surface area contributed by atoms with Gasteiger partial charge >= 0.3 is 0 Å². The van der Waals surface area contributed by atoms with E-state index in [0.717, 1.165) is 0 Å². The molecule has 0 radical (unpaired) electrons. The average molecular weight is 296 g/mol. The molecule has 0 saturated carbocycles. The Balaban J connectivity index is 2.01. The Hall–Kier alpha value is -3.21. The van der Waals surface area contributed by atoms with Crippen molar-refractivity contribution in [3.05, 3.63) is 64.0 Å². The van der Waals surface area contributed by atoms with Crippen LogP contribution in [0.1, 0.15) is 11.3 Å². The smallest absolute Gasteiger partial charge is 0.200 e. The van der Waals surface area contributed by atoms with E-state index in [9.17, 15) is 20.1 Å². The topological polar surface area (TPSA) is 90.9 Å². The minimum atomic E-state index is -0.575. The van der Waals surface area contributed by atoms with E-state index in [1.165, 1.54) is 18.2 Å². The van der Waals surface area contributed by atoms with Gasteiger partial charge in [-0.15, -0.1) is 0 Å². The van der Waals surface area contributed by atoms with Crippen LogP contribution < -0.4 is 5.43 Å². The monoisotopic (exact) mass is 296 g/mol. The summed E-state index contributed by atoms with van der Waals surface area (Å²) < 4.78 is 5.59. The first kappa shape index (κ1) is 13.8. The molecule has 0 aliphatic carbocycles. The highest BCUT2D eigenvalue weighted by Crippen LogP contribution is 2.35. The molecule has 0 bridgehead atoms. The zero-order valence-corrected chi connectivity index (χ0v) is 11.4. The molecule has 1 heterocycles. The van der Waals surface area contributed by atoms with E-state index in [1.807, 2.05) is 0 Å². The summed E-state index contributed by atoms with van der Waals surface area (Å²) in [6, 6.07) is 10.8. The molecule has 1 aromatic heterocycles. The summed E-state index contributed by atoms with van der Waals surface area (Å²) in [4.78, 5) is 12.0. The van der Waals surface area contributed by atoms with Gasteiger partial charge in [-0.05, 0) is 35.9 Å². The number of hydrogen-bond donors (Lipinski definition) is 3. The van der Waals surface area contributed by atoms with Gasteiger partial charge in [-0.25, -0.2) is 0 Å². The van der Waals surface area contributed by atoms with Crippen LogP contribution in [0.4, 0.5) is 0 Å². The highest BCUT2D eigenvalue weighted by atomic mass is 16.3. The predicted molar refractivity (Wildman–Crippen MR) is 82.8 cm³/mol. The SMILES string of the molecule is O=c1cc(/C=C/c2cc(O)c(O)c(O)c2)oc2ccccc12. The molecule has 5 heteroatoms. The molecule has 5 nitrogen and oxygen atoms in total. The maximum absolute atomic E-state index is 12.0. The molecule has 0 spiro atoms. The van der Waals surface area contributed by atoms with Crippen molar-refractivity contribution in [2.24, 2.45) is 0 Å². The van der Waals surface area contributed by atoms with Crippen molar-refractivity contribution in [2.45, 2.75) is 0 Å². The lowest BCUT2D eigenvalue weighted by Crippen LogP contribution is -1.99. The van der Waals surface area contributed by atoms with Gasteiger partial charge in [0.1, 0.15) is 11.3 Å². The van der Waals surface area contributed by atoms with E-state index in [-0.39, 0.29) is 5.43 Å². The van der Waals surface area contributed by atoms with Crippen LogP contribution >= 0.6 is 0 Å². The average Bonchev–Trinajstić information content (AvgIpc) is 2.50. The van der Waals surface area contributed by atoms with Crippen molar-refractivity contribution >= 4 is 23.1 Å². The highest BCUT2D eigenvalue weighted by Gasteiger charge is 2.07. The van der Waals surface area contributed by atoms with Crippen LogP contribution in [0.3, 0.4) is 0 Å². The van der Waals surface area contributed by atoms with Crippen LogP contribution in [0.25, 0.3) is 23.1 Å². The summed E-state index contributed by atoms with van der Waals surface area (Å²) >= 11 is 0. The molecular weight excluding hydrogens is 284 g/mol. The van der Waals surface area contributed by atoms with Crippen LogP contribution in [0.2, 0.25) is 0 Å². The quantitative estimate of drug-likeness (QED) is 0.632. The number of phenols is 3. The molecule has 0 atom stereocenters. The Morgan fingerprint density at radius 3 is 2.32 bits per heavy atom. The van der Waals surface area contributed by atoms with Gasteiger partial charge in [-0.3, -0.25) is 4.79 Å². The summed E-state index contributed by atoms with van der Waals surface area (Å²) in [5.41, 5.74) is 0.771. The normalized spacial score (nSPS) is 11.3. The molecule has 0 aliphatic rings. The number of aromatic hydroxyl groups is 3. The van der Waals surface area contributed by atoms with Gasteiger partial charge in [-0.2, -0.15) is 0 Å². The van der Waals surface area contributed by atoms with Crippen LogP contribution in [-0.2, 0) is 0 Å². The van der Waals surface area contributed by atoms with Gasteiger partial charge in [0.05, 0.1) is 5.39 Å². The van der Waals surface area contributed by atoms with E-state index >= 15 is 0 Å². The van der Waals surface area contributed by atoms with Crippen LogP contribution in [0.15, 0.2) is 51.7 Å². The molecule has 0 amide bonds. The molecule has 22 heavy (non-hydrogen) atoms. The second kappa shape index (κ2) is 5.29. The summed E-state index contributed by atoms with van der Waals surface area (Å²) in [7, 11) is 0. The van der Waals surface area contributed by atoms with E-state index in [1.54, 1.807) is 36.4 Å². The Morgan fingerprint density at radius 1 is 0.909 bits per heavy atom. The Labute approximate surface area is 125 Å². The van der Waals surface area contributed by atoms with Crippen LogP contribution in [0.5, 0.6) is 17.2 Å². The number of rotatable bonds is 2. The van der Waals surface area contributed by atoms with Crippen molar-refractivity contribution in [3.63, 3.8) is 0 Å². The zero-order valence-electron chi connectivity index (χ0n) is 11.4. The number of fused-ring (bicyclic) bond motifs is 1. The fourth-order valence-electron chi connectivity index (χ4n) is 2.10. The number of phenolic OH excluding ortho intramolecular Hbond substituents is 3. The van der Waals surface area contributed by atoms with Crippen molar-refractivity contribution in [3.8, 4) is 17.2 Å². The second-order valence-corrected chi connectivity index (χ2v) is 4.75. The highest BCUT2D eigenvalue weighted by molar-refractivity contribution is 5.78. The first-order valence-electron chi connectivity index (χ1n) is 6.50. The number of para-hydroxylation sites is 1. The minimum Gasteiger partial charge on any atom is -0.504 e. The molecule has 3 N–H and O–H groups in total. The fraction of sp³-hybridized carbons (Fsp3) is 0. The molecule has 0 saturated heterocycles. The number of hydrogen-bond acceptors (Lipinski definition) is 5. The maximum Gasteiger partial charge on any atom is 0.200 e. The van der Waals surface area contributed by atoms with E-state index < -0.39 is 17.2 Å². The summed E-state index contributed by atoms with van der Waals surface area (Å²) in [5, 5.41) is 28.7. The molecule has 2 aromatic carbocycles. The van der Waals surface area contributed by atoms with Gasteiger partial charge in [-0.1, -0.05) is 18.2 Å². The lowest BCUT2D eigenvalue weighted by Gasteiger charge is -2.02. The summed E-state index contributed by atoms with van der Waals surface area (Å²) in [6.45, 7) is 0. The third-order valence-electron chi connectivity index (χ3n) is 3.19. The van der Waals surface area contributed by atoms with Gasteiger partial charge < -0.3 is 19.7 Å². The van der Waals surface area contributed by atoms with Gasteiger partial charge in [0.2, 0.25) is 0 Å². The fourth-order valence-corrected chi connectivity index (χ4v) is 2.10. The second-order valence-electron chi connectivity index (χ2n) is 4.75. The predicted octanol–water partition coefficient (Wildman–Crippen LogP) is 3.08. The van der Waals surface area contributed by atoms with Crippen molar-refractivity contribution in [2.75, 3.05) is 0 Å². The summed E-state index contributed by atoms with van der Waals surface area (Å²) in [5.74, 6) is -1.09. The first-order valence-corrected chi connectivity index (χ1v) is 6.50. The lowest BCUT2D eigenvalue weighted by atomic mass is 10.1. The van der Waals surface area contributed by atoms with Crippen LogP contribution in [-0.4, -0.2) is 15.3 Å². The van der Waals surface area contributed by atoms with Gasteiger partial charge in [0.25, 0.3) is 0 Å². The van der Waals surface area contributed by atoms with Gasteiger partial charge in [0, 0.05) is 6.07 Å². The third kappa shape index (κ3) is 2.52. The van der Waals surface area contributed by atoms with E-state index in [0.29, 0.717) is 22.3 Å². The third-order valence-corrected chi connectivity index (χ3v) is 3.19. The number of benzene rings is 2. The Morgan fingerprint density at radius 2 is 1.59 bits per heavy atom. The van der Waals surface area contributed by atoms with Crippen molar-refractivity contribution < 1.29 is 19.7 Å². The standard InChI is InChI=1S/C17H12O5/c18-13-9-11(22-16-4-2-1-3-12(13)16)6-5-10-7-14(19)17(21)15(20)8-10/h1-9,19-21H/b6-5+. The molecule has 0 aliphatic heterocycles. The lowest BCUT2D eigenvalue weighted by molar-refractivity contribution is 0.368. The molecular formula is C17H12O5. The summed E-state index contributed by atoms with van der Waals surface area (Å²) in [6.07, 6.45) is 3.09. The van der Waals surface area contributed by atoms with Gasteiger partial charge in [0.15, 0.2) is 22.7 Å². The largest absolute Gasteiger partial charge is 0.504 e. The van der Waals surface area contributed by atoms with Crippen LogP contribution in [0, 0.1) is 0 Å². The molecule has 0 fully saturated rings. The van der Waals surface area contributed by atoms with E-state index in [2.05, 4.69) is 0 Å². The van der Waals surface area contributed by atoms with Crippen molar-refractivity contribution in [1.29, 1.82) is 0 Å². The molecule has 110 valence electrons. The minimum absolute atomic E-state index is 0.155. The molecule has 3 rings (SSSR count). The molecule has 3 aromatic rings. The zero-order chi connectivity index (χ0) is 15.7. The maximum atomic E-state index is 12.0. The Bertz CT molecular complexity index is 914. The molecule has 0 unspecified atom stereocenters. The van der Waals surface area contributed by atoms with E-state index in [4.69, 9.17) is 4.42 Å². The Kier molecular flexibility index (Phi) is 3.31. The first-order chi connectivity index (χ1) is 10.5. The van der Waals surface area contributed by atoms with Crippen molar-refractivity contribution in [1.82, 2.24) is 0 Å².